The molecule has 1 aliphatic heterocycles. The van der Waals surface area contributed by atoms with Crippen molar-refractivity contribution in [2.75, 3.05) is 13.6 Å². The van der Waals surface area contributed by atoms with E-state index < -0.39 is 10.0 Å². The molecule has 5 nitrogen and oxygen atoms in total. The number of sulfonamides is 1. The number of carbonyl (C=O) groups is 1. The Hall–Kier alpha value is -0.920. The van der Waals surface area contributed by atoms with E-state index in [2.05, 4.69) is 18.6 Å². The molecule has 0 unspecified atom stereocenters. The van der Waals surface area contributed by atoms with Crippen LogP contribution in [0.25, 0.3) is 0 Å². The molecule has 0 saturated carbocycles. The molecule has 1 aromatic rings. The molecule has 2 atom stereocenters. The van der Waals surface area contributed by atoms with E-state index in [1.165, 1.54) is 29.8 Å². The fraction of sp³-hybridized carbons (Fsp3) is 0.643. The van der Waals surface area contributed by atoms with Gasteiger partial charge in [-0.1, -0.05) is 13.3 Å². The minimum absolute atomic E-state index is 0.0567. The van der Waals surface area contributed by atoms with E-state index in [4.69, 9.17) is 0 Å². The third-order valence-electron chi connectivity index (χ3n) is 3.99. The molecule has 0 bridgehead atoms. The van der Waals surface area contributed by atoms with Gasteiger partial charge < -0.3 is 4.90 Å². The van der Waals surface area contributed by atoms with E-state index in [9.17, 15) is 13.2 Å². The average Bonchev–Trinajstić information content (AvgIpc) is 2.88. The second kappa shape index (κ2) is 6.46. The summed E-state index contributed by atoms with van der Waals surface area (Å²) in [5.41, 5.74) is 0. The molecule has 2 heterocycles. The van der Waals surface area contributed by atoms with E-state index in [1.807, 2.05) is 4.90 Å². The monoisotopic (exact) mass is 330 g/mol. The number of likely N-dealkylation sites (tertiary alicyclic amines) is 1. The summed E-state index contributed by atoms with van der Waals surface area (Å²) in [5.74, 6) is 0.429. The van der Waals surface area contributed by atoms with Crippen molar-refractivity contribution in [3.8, 4) is 0 Å². The molecule has 1 saturated heterocycles. The van der Waals surface area contributed by atoms with Gasteiger partial charge in [0, 0.05) is 18.0 Å². The maximum atomic E-state index is 12.7. The maximum absolute atomic E-state index is 12.7. The highest BCUT2D eigenvalue weighted by molar-refractivity contribution is 7.89. The van der Waals surface area contributed by atoms with Crippen LogP contribution in [0.4, 0.5) is 0 Å². The first kappa shape index (κ1) is 16.5. The fourth-order valence-corrected chi connectivity index (χ4v) is 4.60. The van der Waals surface area contributed by atoms with Crippen molar-refractivity contribution < 1.29 is 13.2 Å². The summed E-state index contributed by atoms with van der Waals surface area (Å²) in [4.78, 5) is 15.2. The van der Waals surface area contributed by atoms with E-state index >= 15 is 0 Å². The molecule has 0 spiro atoms. The quantitative estimate of drug-likeness (QED) is 0.925. The first-order valence-electron chi connectivity index (χ1n) is 7.18. The molecule has 0 aromatic carbocycles. The van der Waals surface area contributed by atoms with Crippen LogP contribution in [0.15, 0.2) is 16.3 Å². The van der Waals surface area contributed by atoms with Crippen molar-refractivity contribution in [3.05, 3.63) is 16.3 Å². The summed E-state index contributed by atoms with van der Waals surface area (Å²) in [6.07, 6.45) is 3.27. The Morgan fingerprint density at radius 1 is 1.38 bits per heavy atom. The smallest absolute Gasteiger partial charge is 0.264 e. The van der Waals surface area contributed by atoms with E-state index in [1.54, 1.807) is 0 Å². The van der Waals surface area contributed by atoms with Crippen LogP contribution >= 0.6 is 11.3 Å². The van der Waals surface area contributed by atoms with Gasteiger partial charge in [0.25, 0.3) is 5.91 Å². The first-order chi connectivity index (χ1) is 9.85. The molecular weight excluding hydrogens is 308 g/mol. The Labute approximate surface area is 130 Å². The van der Waals surface area contributed by atoms with Crippen molar-refractivity contribution in [1.82, 2.24) is 9.62 Å². The summed E-state index contributed by atoms with van der Waals surface area (Å²) in [5, 5.41) is 1.52. The van der Waals surface area contributed by atoms with Crippen molar-refractivity contribution in [2.45, 2.75) is 44.0 Å². The van der Waals surface area contributed by atoms with Crippen molar-refractivity contribution in [2.24, 2.45) is 5.92 Å². The van der Waals surface area contributed by atoms with Gasteiger partial charge in [0.05, 0.1) is 9.77 Å². The van der Waals surface area contributed by atoms with Crippen LogP contribution in [0.2, 0.25) is 0 Å². The predicted octanol–water partition coefficient (Wildman–Crippen LogP) is 2.31. The zero-order valence-electron chi connectivity index (χ0n) is 12.6. The van der Waals surface area contributed by atoms with Gasteiger partial charge in [-0.05, 0) is 38.8 Å². The third-order valence-corrected chi connectivity index (χ3v) is 6.45. The van der Waals surface area contributed by atoms with Crippen molar-refractivity contribution in [3.63, 3.8) is 0 Å². The number of nitrogens with one attached hydrogen (secondary N) is 1. The highest BCUT2D eigenvalue weighted by Crippen LogP contribution is 2.26. The Morgan fingerprint density at radius 2 is 2.10 bits per heavy atom. The zero-order valence-corrected chi connectivity index (χ0v) is 14.3. The molecule has 1 fully saturated rings. The minimum Gasteiger partial charge on any atom is -0.335 e. The molecule has 1 N–H and O–H groups in total. The van der Waals surface area contributed by atoms with Gasteiger partial charge in [-0.3, -0.25) is 4.79 Å². The molecule has 0 aliphatic carbocycles. The summed E-state index contributed by atoms with van der Waals surface area (Å²) < 4.78 is 25.8. The minimum atomic E-state index is -3.48. The van der Waals surface area contributed by atoms with Crippen LogP contribution in [-0.4, -0.2) is 38.9 Å². The lowest BCUT2D eigenvalue weighted by Gasteiger charge is -2.28. The number of rotatable bonds is 3. The van der Waals surface area contributed by atoms with Crippen LogP contribution in [0.3, 0.4) is 0 Å². The normalized spacial score (nSPS) is 23.9. The lowest BCUT2D eigenvalue weighted by molar-refractivity contribution is 0.0682. The van der Waals surface area contributed by atoms with E-state index in [0.717, 1.165) is 25.8 Å². The highest BCUT2D eigenvalue weighted by atomic mass is 32.2. The van der Waals surface area contributed by atoms with Gasteiger partial charge in [-0.25, -0.2) is 13.1 Å². The zero-order chi connectivity index (χ0) is 15.6. The fourth-order valence-electron chi connectivity index (χ4n) is 2.64. The van der Waals surface area contributed by atoms with E-state index in [0.29, 0.717) is 10.8 Å². The maximum Gasteiger partial charge on any atom is 0.264 e. The number of hydrogen-bond donors (Lipinski definition) is 1. The van der Waals surface area contributed by atoms with Crippen LogP contribution in [-0.2, 0) is 10.0 Å². The van der Waals surface area contributed by atoms with Crippen molar-refractivity contribution in [1.29, 1.82) is 0 Å². The molecule has 1 aromatic heterocycles. The van der Waals surface area contributed by atoms with Gasteiger partial charge in [0.1, 0.15) is 0 Å². The van der Waals surface area contributed by atoms with Gasteiger partial charge in [0.2, 0.25) is 10.0 Å². The number of nitrogens with zero attached hydrogens (tertiary/aromatic N) is 1. The summed E-state index contributed by atoms with van der Waals surface area (Å²) in [7, 11) is -2.12. The van der Waals surface area contributed by atoms with E-state index in [-0.39, 0.29) is 16.8 Å². The summed E-state index contributed by atoms with van der Waals surface area (Å²) in [6, 6.07) is 1.68. The Balaban J connectivity index is 2.23. The highest BCUT2D eigenvalue weighted by Gasteiger charge is 2.27. The molecule has 21 heavy (non-hydrogen) atoms. The molecule has 1 amide bonds. The number of amides is 1. The molecule has 118 valence electrons. The second-order valence-electron chi connectivity index (χ2n) is 5.70. The number of carbonyl (C=O) groups excluding carboxylic acids is 1. The molecular formula is C14H22N2O3S2. The molecule has 2 rings (SSSR count). The second-order valence-corrected chi connectivity index (χ2v) is 8.49. The first-order valence-corrected chi connectivity index (χ1v) is 9.54. The largest absolute Gasteiger partial charge is 0.335 e. The van der Waals surface area contributed by atoms with Crippen LogP contribution in [0.1, 0.15) is 42.8 Å². The number of hydrogen-bond acceptors (Lipinski definition) is 4. The summed E-state index contributed by atoms with van der Waals surface area (Å²) in [6.45, 7) is 4.96. The lowest BCUT2D eigenvalue weighted by Crippen LogP contribution is -2.39. The molecule has 0 radical (unpaired) electrons. The standard InChI is InChI=1S/C14H22N2O3S2/c1-10-5-4-6-11(2)16(8-10)14(17)13-7-12(9-20-13)21(18,19)15-3/h7,9-11,15H,4-6,8H2,1-3H3/t10-,11-/m0/s1. The van der Waals surface area contributed by atoms with Crippen LogP contribution < -0.4 is 4.72 Å². The van der Waals surface area contributed by atoms with Crippen molar-refractivity contribution >= 4 is 27.3 Å². The van der Waals surface area contributed by atoms with Crippen LogP contribution in [0, 0.1) is 5.92 Å². The topological polar surface area (TPSA) is 66.5 Å². The van der Waals surface area contributed by atoms with Gasteiger partial charge >= 0.3 is 0 Å². The Bertz CT molecular complexity index is 609. The summed E-state index contributed by atoms with van der Waals surface area (Å²) >= 11 is 1.19. The van der Waals surface area contributed by atoms with Gasteiger partial charge in [-0.15, -0.1) is 11.3 Å². The Morgan fingerprint density at radius 3 is 2.76 bits per heavy atom. The average molecular weight is 330 g/mol. The van der Waals surface area contributed by atoms with Gasteiger partial charge in [0.15, 0.2) is 0 Å². The van der Waals surface area contributed by atoms with Crippen LogP contribution in [0.5, 0.6) is 0 Å². The number of thiophene rings is 1. The SMILES string of the molecule is CNS(=O)(=O)c1csc(C(=O)N2C[C@@H](C)CCC[C@@H]2C)c1. The van der Waals surface area contributed by atoms with Gasteiger partial charge in [-0.2, -0.15) is 0 Å². The predicted molar refractivity (Wildman–Crippen MR) is 84.1 cm³/mol. The molecule has 7 heteroatoms. The lowest BCUT2D eigenvalue weighted by atomic mass is 10.1. The molecule has 1 aliphatic rings. The third kappa shape index (κ3) is 3.64. The Kier molecular flexibility index (Phi) is 5.06.